The molecule has 1 N–H and O–H groups in total. The molecule has 0 unspecified atom stereocenters. The Morgan fingerprint density at radius 3 is 1.88 bits per heavy atom. The summed E-state index contributed by atoms with van der Waals surface area (Å²) in [5.74, 6) is -0.449. The molecule has 0 atom stereocenters. The number of rotatable bonds is 5. The van der Waals surface area contributed by atoms with Crippen LogP contribution in [0, 0.1) is 16.8 Å². The molecule has 1 fully saturated rings. The second kappa shape index (κ2) is 17.1. The molecular weight excluding hydrogens is 842 g/mol. The smallest absolute Gasteiger partial charge is 0.253 e. The van der Waals surface area contributed by atoms with Gasteiger partial charge in [0.1, 0.15) is 17.2 Å². The number of hydrogen-bond donors (Lipinski definition) is 1. The molecule has 5 heterocycles. The highest BCUT2D eigenvalue weighted by atomic mass is 35.5. The largest absolute Gasteiger partial charge is 0.618 e. The van der Waals surface area contributed by atoms with Crippen LogP contribution in [0.2, 0.25) is 25.1 Å². The predicted octanol–water partition coefficient (Wildman–Crippen LogP) is 13.2. The van der Waals surface area contributed by atoms with E-state index in [9.17, 15) is 14.0 Å². The molecule has 1 aliphatic rings. The number of pyridine rings is 4. The molecule has 8 aromatic rings. The number of hydrogen-bond acceptors (Lipinski definition) is 5. The van der Waals surface area contributed by atoms with E-state index in [1.807, 2.05) is 30.3 Å². The minimum absolute atomic E-state index is 0.239. The zero-order chi connectivity index (χ0) is 40.5. The van der Waals surface area contributed by atoms with E-state index in [4.69, 9.17) is 63.0 Å². The van der Waals surface area contributed by atoms with Crippen LogP contribution in [-0.2, 0) is 0 Å². The molecule has 4 aromatic heterocycles. The minimum atomic E-state index is -0.428. The summed E-state index contributed by atoms with van der Waals surface area (Å²) in [7, 11) is 0. The van der Waals surface area contributed by atoms with Crippen LogP contribution in [-0.4, -0.2) is 28.0 Å². The summed E-state index contributed by atoms with van der Waals surface area (Å²) in [6.45, 7) is 1.92. The zero-order valence-electron chi connectivity index (χ0n) is 30.3. The quantitative estimate of drug-likeness (QED) is 0.138. The lowest BCUT2D eigenvalue weighted by Gasteiger charge is -2.24. The van der Waals surface area contributed by atoms with Crippen molar-refractivity contribution in [3.05, 3.63) is 169 Å². The van der Waals surface area contributed by atoms with Gasteiger partial charge >= 0.3 is 0 Å². The lowest BCUT2D eigenvalue weighted by molar-refractivity contribution is -0.592. The maximum absolute atomic E-state index is 13.7. The Morgan fingerprint density at radius 1 is 0.586 bits per heavy atom. The Hall–Kier alpha value is -4.93. The molecule has 13 heteroatoms. The Labute approximate surface area is 357 Å². The van der Waals surface area contributed by atoms with Gasteiger partial charge in [-0.15, -0.1) is 0 Å². The first-order valence-electron chi connectivity index (χ1n) is 18.2. The van der Waals surface area contributed by atoms with Gasteiger partial charge in [-0.25, -0.2) is 13.8 Å². The van der Waals surface area contributed by atoms with Crippen LogP contribution < -0.4 is 10.0 Å². The highest BCUT2D eigenvalue weighted by Gasteiger charge is 2.24. The van der Waals surface area contributed by atoms with Gasteiger partial charge in [-0.3, -0.25) is 9.97 Å². The van der Waals surface area contributed by atoms with Gasteiger partial charge in [0.05, 0.1) is 41.9 Å². The van der Waals surface area contributed by atoms with Gasteiger partial charge in [0, 0.05) is 57.5 Å². The van der Waals surface area contributed by atoms with Crippen molar-refractivity contribution >= 4 is 79.8 Å². The number of aromatic nitrogens is 4. The van der Waals surface area contributed by atoms with Crippen molar-refractivity contribution in [2.24, 2.45) is 0 Å². The fourth-order valence-corrected chi connectivity index (χ4v) is 8.67. The monoisotopic (exact) mass is 869 g/mol. The lowest BCUT2D eigenvalue weighted by Crippen LogP contribution is -2.29. The van der Waals surface area contributed by atoms with Crippen LogP contribution in [0.3, 0.4) is 0 Å². The highest BCUT2D eigenvalue weighted by Crippen LogP contribution is 2.41. The molecule has 1 saturated heterocycles. The topological polar surface area (TPSA) is 77.6 Å². The molecule has 0 spiro atoms. The number of fused-ring (bicyclic) bond motifs is 2. The third kappa shape index (κ3) is 7.93. The van der Waals surface area contributed by atoms with Gasteiger partial charge in [0.25, 0.3) is 5.69 Å². The van der Waals surface area contributed by atoms with Gasteiger partial charge in [-0.2, -0.15) is 4.73 Å². The number of piperidine rings is 1. The maximum atomic E-state index is 13.7. The highest BCUT2D eigenvalue weighted by molar-refractivity contribution is 6.39. The van der Waals surface area contributed by atoms with Gasteiger partial charge in [-0.1, -0.05) is 82.3 Å². The van der Waals surface area contributed by atoms with E-state index in [-0.39, 0.29) is 16.5 Å². The molecule has 9 rings (SSSR count). The predicted molar refractivity (Wildman–Crippen MR) is 232 cm³/mol. The van der Waals surface area contributed by atoms with Gasteiger partial charge in [0.2, 0.25) is 0 Å². The van der Waals surface area contributed by atoms with Crippen LogP contribution in [0.5, 0.6) is 0 Å². The Kier molecular flexibility index (Phi) is 11.8. The molecule has 0 radical (unpaired) electrons. The van der Waals surface area contributed by atoms with Crippen molar-refractivity contribution < 1.29 is 13.5 Å². The normalized spacial score (nSPS) is 13.1. The second-order valence-corrected chi connectivity index (χ2v) is 15.6. The summed E-state index contributed by atoms with van der Waals surface area (Å²) in [4.78, 5) is 14.1. The molecule has 290 valence electrons. The summed E-state index contributed by atoms with van der Waals surface area (Å²) in [5.41, 5.74) is 7.47. The molecule has 6 nitrogen and oxygen atoms in total. The molecule has 0 aliphatic carbocycles. The first kappa shape index (κ1) is 39.9. The van der Waals surface area contributed by atoms with Crippen LogP contribution in [0.4, 0.5) is 8.78 Å². The first-order valence-corrected chi connectivity index (χ1v) is 20.1. The average molecular weight is 872 g/mol. The fraction of sp³-hybridized carbons (Fsp3) is 0.111. The third-order valence-electron chi connectivity index (χ3n) is 10.1. The van der Waals surface area contributed by atoms with Crippen LogP contribution in [0.25, 0.3) is 66.6 Å². The van der Waals surface area contributed by atoms with E-state index in [2.05, 4.69) is 21.4 Å². The summed E-state index contributed by atoms with van der Waals surface area (Å²) in [6, 6.07) is 28.8. The number of halogens is 7. The number of nitrogens with one attached hydrogen (secondary N) is 1. The van der Waals surface area contributed by atoms with Crippen LogP contribution in [0.15, 0.2) is 122 Å². The standard InChI is InChI=1S/C25H20Cl2FN3.C20H10Cl3FN2O/c26-21-4-2-1-3-19(21)24-25-18(9-12-30-24)20(17-6-5-16(28)13-22(17)27)14-23(31-25)15-7-10-29-11-8-15;21-15-2-1-3-16(22)18(15)20-19-14(7-9-26(20)27)12(6-8-25-19)13-5-4-11(24)10-17(13)23/h1-6,9,12-15,29H,7-8,10-11H2;1-10H. The molecule has 58 heavy (non-hydrogen) atoms. The SMILES string of the molecule is Fc1ccc(-c2cc(C3CCNCC3)nc3c(-c4ccccc4Cl)nccc23)c(Cl)c1.[O-][n+]1ccc2c(-c3ccc(F)cc3Cl)ccnc2c1-c1c(Cl)cccc1Cl. The Bertz CT molecular complexity index is 2830. The lowest BCUT2D eigenvalue weighted by atomic mass is 9.90. The second-order valence-electron chi connectivity index (χ2n) is 13.6. The van der Waals surface area contributed by atoms with Crippen molar-refractivity contribution in [2.45, 2.75) is 18.8 Å². The van der Waals surface area contributed by atoms with Crippen LogP contribution >= 0.6 is 58.0 Å². The van der Waals surface area contributed by atoms with E-state index in [1.165, 1.54) is 30.5 Å². The van der Waals surface area contributed by atoms with E-state index in [0.29, 0.717) is 52.8 Å². The minimum Gasteiger partial charge on any atom is -0.618 e. The van der Waals surface area contributed by atoms with Crippen molar-refractivity contribution in [2.75, 3.05) is 13.1 Å². The first-order chi connectivity index (χ1) is 28.1. The summed E-state index contributed by atoms with van der Waals surface area (Å²) in [6.07, 6.45) is 6.70. The molecule has 4 aromatic carbocycles. The Morgan fingerprint density at radius 2 is 1.21 bits per heavy atom. The molecule has 0 saturated carbocycles. The van der Waals surface area contributed by atoms with Crippen molar-refractivity contribution in [1.82, 2.24) is 20.3 Å². The average Bonchev–Trinajstić information content (AvgIpc) is 3.22. The third-order valence-corrected chi connectivity index (χ3v) is 11.7. The molecular formula is C45H30Cl5F2N5O. The van der Waals surface area contributed by atoms with Gasteiger partial charge in [-0.05, 0) is 110 Å². The van der Waals surface area contributed by atoms with E-state index in [0.717, 1.165) is 70.5 Å². The fourth-order valence-electron chi connectivity index (χ4n) is 7.33. The number of nitrogens with zero attached hydrogens (tertiary/aromatic N) is 4. The summed E-state index contributed by atoms with van der Waals surface area (Å²) >= 11 is 31.8. The van der Waals surface area contributed by atoms with Crippen molar-refractivity contribution in [3.8, 4) is 44.8 Å². The number of benzene rings is 4. The van der Waals surface area contributed by atoms with Gasteiger partial charge in [0.15, 0.2) is 6.20 Å². The maximum Gasteiger partial charge on any atom is 0.253 e. The Balaban J connectivity index is 0.000000164. The van der Waals surface area contributed by atoms with E-state index >= 15 is 0 Å². The van der Waals surface area contributed by atoms with E-state index in [1.54, 1.807) is 54.9 Å². The van der Waals surface area contributed by atoms with Crippen LogP contribution in [0.1, 0.15) is 24.5 Å². The molecule has 0 bridgehead atoms. The van der Waals surface area contributed by atoms with E-state index < -0.39 is 5.82 Å². The molecule has 1 aliphatic heterocycles. The van der Waals surface area contributed by atoms with Crippen molar-refractivity contribution in [3.63, 3.8) is 0 Å². The summed E-state index contributed by atoms with van der Waals surface area (Å²) < 4.78 is 27.9. The zero-order valence-corrected chi connectivity index (χ0v) is 34.1. The molecule has 0 amide bonds. The van der Waals surface area contributed by atoms with Crippen molar-refractivity contribution in [1.29, 1.82) is 0 Å². The summed E-state index contributed by atoms with van der Waals surface area (Å²) in [5, 5.41) is 19.5. The van der Waals surface area contributed by atoms with Gasteiger partial charge < -0.3 is 10.5 Å².